The van der Waals surface area contributed by atoms with Gasteiger partial charge in [0, 0.05) is 6.04 Å². The Morgan fingerprint density at radius 3 is 2.00 bits per heavy atom. The Morgan fingerprint density at radius 2 is 1.52 bits per heavy atom. The van der Waals surface area contributed by atoms with Crippen LogP contribution in [0.4, 0.5) is 0 Å². The molecular weight excluding hydrogens is 354 g/mol. The Labute approximate surface area is 151 Å². The molecule has 0 fully saturated rings. The second-order valence-electron chi connectivity index (χ2n) is 7.29. The Morgan fingerprint density at radius 1 is 0.960 bits per heavy atom. The van der Waals surface area contributed by atoms with Gasteiger partial charge in [0.05, 0.1) is 0 Å². The zero-order valence-corrected chi connectivity index (χ0v) is 16.8. The summed E-state index contributed by atoms with van der Waals surface area (Å²) in [6.07, 6.45) is 0. The summed E-state index contributed by atoms with van der Waals surface area (Å²) < 4.78 is 33.1. The highest BCUT2D eigenvalue weighted by atomic mass is 32.2. The van der Waals surface area contributed by atoms with Gasteiger partial charge in [-0.05, 0) is 41.4 Å². The van der Waals surface area contributed by atoms with Crippen LogP contribution in [0.2, 0.25) is 11.6 Å². The monoisotopic (exact) mass is 379 g/mol. The highest BCUT2D eigenvalue weighted by molar-refractivity contribution is 7.84. The largest absolute Gasteiger partial charge is 0.543 e. The topological polar surface area (TPSA) is 78.6 Å². The molecule has 5 nitrogen and oxygen atoms in total. The van der Waals surface area contributed by atoms with Crippen LogP contribution in [0.3, 0.4) is 0 Å². The first-order valence-corrected chi connectivity index (χ1v) is 12.1. The molecule has 0 saturated carbocycles. The molecule has 2 N–H and O–H groups in total. The third-order valence-corrected chi connectivity index (χ3v) is 9.72. The third-order valence-electron chi connectivity index (χ3n) is 4.35. The predicted molar refractivity (Wildman–Crippen MR) is 102 cm³/mol. The van der Waals surface area contributed by atoms with Gasteiger partial charge in [0.2, 0.25) is 0 Å². The minimum atomic E-state index is -4.01. The van der Waals surface area contributed by atoms with Gasteiger partial charge in [0.25, 0.3) is 8.32 Å². The lowest BCUT2D eigenvalue weighted by atomic mass is 10.2. The van der Waals surface area contributed by atoms with E-state index in [0.717, 1.165) is 17.4 Å². The highest BCUT2D eigenvalue weighted by Crippen LogP contribution is 2.39. The normalized spacial score (nSPS) is 14.6. The van der Waals surface area contributed by atoms with E-state index < -0.39 is 18.6 Å². The first-order valence-electron chi connectivity index (χ1n) is 8.04. The second-order valence-corrected chi connectivity index (χ2v) is 13.0. The molecule has 0 radical (unpaired) electrons. The van der Waals surface area contributed by atoms with Crippen LogP contribution in [0, 0.1) is 0 Å². The van der Waals surface area contributed by atoms with Crippen LogP contribution < -0.4 is 13.7 Å². The van der Waals surface area contributed by atoms with Gasteiger partial charge >= 0.3 is 10.3 Å². The van der Waals surface area contributed by atoms with Crippen molar-refractivity contribution >= 4 is 18.6 Å². The van der Waals surface area contributed by atoms with Crippen LogP contribution >= 0.6 is 0 Å². The fourth-order valence-corrected chi connectivity index (χ4v) is 5.35. The molecule has 136 valence electrons. The van der Waals surface area contributed by atoms with Crippen molar-refractivity contribution in [2.24, 2.45) is 5.14 Å². The summed E-state index contributed by atoms with van der Waals surface area (Å²) >= 11 is 0. The molecule has 2 aromatic carbocycles. The number of nitrogens with two attached hydrogens (primary N) is 1. The molecule has 0 spiro atoms. The summed E-state index contributed by atoms with van der Waals surface area (Å²) in [4.78, 5) is 0. The van der Waals surface area contributed by atoms with E-state index in [4.69, 9.17) is 9.56 Å². The van der Waals surface area contributed by atoms with Crippen LogP contribution in [-0.2, 0) is 16.3 Å². The zero-order chi connectivity index (χ0) is 18.7. The van der Waals surface area contributed by atoms with Crippen molar-refractivity contribution in [3.63, 3.8) is 0 Å². The third kappa shape index (κ3) is 5.59. The van der Waals surface area contributed by atoms with Crippen LogP contribution in [0.15, 0.2) is 54.6 Å². The summed E-state index contributed by atoms with van der Waals surface area (Å²) in [5, 5.41) is 4.90. The van der Waals surface area contributed by atoms with E-state index in [1.165, 1.54) is 0 Å². The lowest BCUT2D eigenvalue weighted by Gasteiger charge is -2.39. The van der Waals surface area contributed by atoms with Crippen LogP contribution in [0.5, 0.6) is 11.5 Å². The standard InChI is InChI=1S/C18H25NO4SSi/c1-18(2,3)25(4,23-17-8-6-5-7-9-17)14-15-10-12-16(13-11-15)22-24(19,20)21/h5-13H,14H2,1-4H3,(H2,19,20,21). The van der Waals surface area contributed by atoms with Crippen molar-refractivity contribution in [1.29, 1.82) is 0 Å². The molecule has 1 atom stereocenters. The second kappa shape index (κ2) is 7.19. The van der Waals surface area contributed by atoms with Crippen molar-refractivity contribution in [3.05, 3.63) is 60.2 Å². The molecule has 0 heterocycles. The van der Waals surface area contributed by atoms with Gasteiger partial charge in [-0.3, -0.25) is 0 Å². The Balaban J connectivity index is 2.22. The first kappa shape index (κ1) is 19.5. The maximum atomic E-state index is 11.0. The summed E-state index contributed by atoms with van der Waals surface area (Å²) in [7, 11) is -6.19. The number of benzene rings is 2. The first-order chi connectivity index (χ1) is 11.5. The number of para-hydroxylation sites is 1. The molecule has 0 saturated heterocycles. The molecule has 0 aromatic heterocycles. The summed E-state index contributed by atoms with van der Waals surface area (Å²) in [6.45, 7) is 8.80. The average Bonchev–Trinajstić information content (AvgIpc) is 2.48. The van der Waals surface area contributed by atoms with Gasteiger partial charge in [-0.2, -0.15) is 13.6 Å². The van der Waals surface area contributed by atoms with Gasteiger partial charge in [-0.15, -0.1) is 0 Å². The minimum Gasteiger partial charge on any atom is -0.543 e. The molecular formula is C18H25NO4SSi. The SMILES string of the molecule is CC(C)(C)[Si](C)(Cc1ccc(OS(N)(=O)=O)cc1)Oc1ccccc1. The van der Waals surface area contributed by atoms with Crippen molar-refractivity contribution in [2.45, 2.75) is 38.4 Å². The average molecular weight is 380 g/mol. The van der Waals surface area contributed by atoms with E-state index in [1.54, 1.807) is 12.1 Å². The van der Waals surface area contributed by atoms with Crippen LogP contribution in [0.25, 0.3) is 0 Å². The maximum Gasteiger partial charge on any atom is 0.380 e. The Kier molecular flexibility index (Phi) is 5.61. The van der Waals surface area contributed by atoms with E-state index in [0.29, 0.717) is 0 Å². The summed E-state index contributed by atoms with van der Waals surface area (Å²) in [5.74, 6) is 1.08. The number of hydrogen-bond donors (Lipinski definition) is 1. The van der Waals surface area contributed by atoms with Crippen molar-refractivity contribution in [3.8, 4) is 11.5 Å². The molecule has 2 rings (SSSR count). The quantitative estimate of drug-likeness (QED) is 0.774. The van der Waals surface area contributed by atoms with Gasteiger partial charge in [-0.25, -0.2) is 0 Å². The minimum absolute atomic E-state index is 0.0125. The van der Waals surface area contributed by atoms with Gasteiger partial charge < -0.3 is 8.61 Å². The lowest BCUT2D eigenvalue weighted by molar-refractivity contribution is 0.479. The summed E-state index contributed by atoms with van der Waals surface area (Å²) in [6, 6.07) is 17.6. The van der Waals surface area contributed by atoms with Gasteiger partial charge in [0.15, 0.2) is 0 Å². The van der Waals surface area contributed by atoms with Gasteiger partial charge in [-0.1, -0.05) is 51.1 Å². The fourth-order valence-electron chi connectivity index (χ4n) is 2.39. The van der Waals surface area contributed by atoms with E-state index in [9.17, 15) is 8.42 Å². The van der Waals surface area contributed by atoms with E-state index in [1.807, 2.05) is 42.5 Å². The highest BCUT2D eigenvalue weighted by Gasteiger charge is 2.44. The van der Waals surface area contributed by atoms with E-state index in [-0.39, 0.29) is 10.8 Å². The molecule has 2 aromatic rings. The van der Waals surface area contributed by atoms with E-state index >= 15 is 0 Å². The van der Waals surface area contributed by atoms with Crippen molar-refractivity contribution in [2.75, 3.05) is 0 Å². The molecule has 7 heteroatoms. The van der Waals surface area contributed by atoms with Crippen molar-refractivity contribution < 1.29 is 17.0 Å². The number of hydrogen-bond acceptors (Lipinski definition) is 4. The molecule has 0 bridgehead atoms. The predicted octanol–water partition coefficient (Wildman–Crippen LogP) is 3.81. The molecule has 1 unspecified atom stereocenters. The van der Waals surface area contributed by atoms with Crippen LogP contribution in [0.1, 0.15) is 26.3 Å². The zero-order valence-electron chi connectivity index (χ0n) is 15.0. The van der Waals surface area contributed by atoms with E-state index in [2.05, 4.69) is 31.5 Å². The molecule has 0 aliphatic heterocycles. The lowest BCUT2D eigenvalue weighted by Crippen LogP contribution is -2.49. The van der Waals surface area contributed by atoms with Crippen LogP contribution in [-0.4, -0.2) is 16.7 Å². The molecule has 25 heavy (non-hydrogen) atoms. The fraction of sp³-hybridized carbons (Fsp3) is 0.333. The number of rotatable bonds is 6. The Hall–Kier alpha value is -1.83. The Bertz CT molecular complexity index is 801. The smallest absolute Gasteiger partial charge is 0.380 e. The molecule has 0 aliphatic carbocycles. The maximum absolute atomic E-state index is 11.0. The molecule has 0 amide bonds. The summed E-state index contributed by atoms with van der Waals surface area (Å²) in [5.41, 5.74) is 1.07. The van der Waals surface area contributed by atoms with Gasteiger partial charge in [0.1, 0.15) is 11.5 Å². The molecule has 0 aliphatic rings. The van der Waals surface area contributed by atoms with Crippen molar-refractivity contribution in [1.82, 2.24) is 0 Å².